The normalized spacial score (nSPS) is 12.0. The van der Waals surface area contributed by atoms with Gasteiger partial charge in [-0.15, -0.1) is 11.8 Å². The minimum atomic E-state index is -1.01. The first-order valence-corrected chi connectivity index (χ1v) is 7.12. The van der Waals surface area contributed by atoms with Gasteiger partial charge in [0.15, 0.2) is 11.6 Å². The molecule has 0 bridgehead atoms. The number of benzene rings is 2. The van der Waals surface area contributed by atoms with Crippen molar-refractivity contribution in [1.29, 1.82) is 0 Å². The lowest BCUT2D eigenvalue weighted by molar-refractivity contribution is -0.115. The fourth-order valence-corrected chi connectivity index (χ4v) is 2.53. The number of thioether (sulfide) groups is 1. The van der Waals surface area contributed by atoms with Crippen LogP contribution in [0.3, 0.4) is 0 Å². The molecule has 0 radical (unpaired) electrons. The first-order chi connectivity index (χ1) is 10.4. The van der Waals surface area contributed by atoms with Crippen LogP contribution in [0.15, 0.2) is 41.3 Å². The topological polar surface area (TPSA) is 29.1 Å². The maximum Gasteiger partial charge on any atom is 0.237 e. The Hall–Kier alpha value is -2.02. The van der Waals surface area contributed by atoms with Crippen LogP contribution < -0.4 is 5.32 Å². The van der Waals surface area contributed by atoms with Crippen molar-refractivity contribution in [3.63, 3.8) is 0 Å². The molecule has 1 N–H and O–H groups in total. The molecule has 0 aliphatic rings. The van der Waals surface area contributed by atoms with Crippen molar-refractivity contribution in [2.24, 2.45) is 0 Å². The highest BCUT2D eigenvalue weighted by Gasteiger charge is 2.17. The Morgan fingerprint density at radius 3 is 2.36 bits per heavy atom. The van der Waals surface area contributed by atoms with Gasteiger partial charge in [-0.1, -0.05) is 0 Å². The molecule has 116 valence electrons. The molecule has 2 aromatic carbocycles. The monoisotopic (exact) mass is 329 g/mol. The quantitative estimate of drug-likeness (QED) is 0.667. The Morgan fingerprint density at radius 2 is 1.73 bits per heavy atom. The molecule has 0 aromatic heterocycles. The molecule has 0 aliphatic carbocycles. The number of carbonyl (C=O) groups is 1. The van der Waals surface area contributed by atoms with Gasteiger partial charge in [0.25, 0.3) is 0 Å². The molecule has 0 unspecified atom stereocenters. The van der Waals surface area contributed by atoms with Gasteiger partial charge in [-0.05, 0) is 37.3 Å². The summed E-state index contributed by atoms with van der Waals surface area (Å²) in [5, 5.41) is 1.63. The number of hydrogen-bond acceptors (Lipinski definition) is 2. The molecule has 1 amide bonds. The number of halogens is 4. The molecule has 2 nitrogen and oxygen atoms in total. The predicted octanol–water partition coefficient (Wildman–Crippen LogP) is 4.36. The van der Waals surface area contributed by atoms with Crippen LogP contribution in [-0.2, 0) is 4.79 Å². The highest BCUT2D eigenvalue weighted by atomic mass is 32.2. The number of nitrogens with one attached hydrogen (secondary N) is 1. The summed E-state index contributed by atoms with van der Waals surface area (Å²) in [6.07, 6.45) is 0. The van der Waals surface area contributed by atoms with Gasteiger partial charge in [0, 0.05) is 11.0 Å². The summed E-state index contributed by atoms with van der Waals surface area (Å²) in [5.74, 6) is -4.17. The maximum atomic E-state index is 13.4. The molecular weight excluding hydrogens is 318 g/mol. The van der Waals surface area contributed by atoms with Gasteiger partial charge in [0.05, 0.1) is 10.9 Å². The molecule has 0 saturated carbocycles. The van der Waals surface area contributed by atoms with Crippen molar-refractivity contribution < 1.29 is 22.4 Å². The van der Waals surface area contributed by atoms with E-state index in [-0.39, 0.29) is 5.69 Å². The van der Waals surface area contributed by atoms with Crippen LogP contribution in [0.4, 0.5) is 23.2 Å². The standard InChI is InChI=1S/C15H11F4NOS/c1-8(22-10-3-4-11(17)12(18)7-10)15(21)20-14-5-2-9(16)6-13(14)19/h2-8H,1H3,(H,20,21)/t8-/m0/s1. The molecule has 2 aromatic rings. The van der Waals surface area contributed by atoms with Crippen molar-refractivity contribution in [2.45, 2.75) is 17.1 Å². The van der Waals surface area contributed by atoms with Gasteiger partial charge >= 0.3 is 0 Å². The molecule has 0 heterocycles. The van der Waals surface area contributed by atoms with Crippen LogP contribution in [0.2, 0.25) is 0 Å². The first kappa shape index (κ1) is 16.4. The molecule has 2 rings (SSSR count). The third-order valence-corrected chi connectivity index (χ3v) is 3.86. The van der Waals surface area contributed by atoms with Crippen LogP contribution in [-0.4, -0.2) is 11.2 Å². The highest BCUT2D eigenvalue weighted by molar-refractivity contribution is 8.00. The van der Waals surface area contributed by atoms with Crippen LogP contribution in [0.5, 0.6) is 0 Å². The van der Waals surface area contributed by atoms with E-state index in [1.54, 1.807) is 0 Å². The van der Waals surface area contributed by atoms with E-state index in [4.69, 9.17) is 0 Å². The molecule has 0 spiro atoms. The lowest BCUT2D eigenvalue weighted by Crippen LogP contribution is -2.23. The highest BCUT2D eigenvalue weighted by Crippen LogP contribution is 2.26. The van der Waals surface area contributed by atoms with E-state index in [1.807, 2.05) is 0 Å². The van der Waals surface area contributed by atoms with Gasteiger partial charge in [-0.3, -0.25) is 4.79 Å². The zero-order valence-electron chi connectivity index (χ0n) is 11.4. The van der Waals surface area contributed by atoms with E-state index in [1.165, 1.54) is 13.0 Å². The van der Waals surface area contributed by atoms with Gasteiger partial charge in [0.2, 0.25) is 5.91 Å². The summed E-state index contributed by atoms with van der Waals surface area (Å²) in [5.41, 5.74) is -0.149. The zero-order chi connectivity index (χ0) is 16.3. The Bertz CT molecular complexity index is 708. The number of anilines is 1. The average Bonchev–Trinajstić information content (AvgIpc) is 2.45. The fraction of sp³-hybridized carbons (Fsp3) is 0.133. The Labute approximate surface area is 128 Å². The second kappa shape index (κ2) is 6.83. The summed E-state index contributed by atoms with van der Waals surface area (Å²) >= 11 is 0.988. The van der Waals surface area contributed by atoms with E-state index in [0.29, 0.717) is 11.0 Å². The summed E-state index contributed by atoms with van der Waals surface area (Å²) in [6.45, 7) is 1.53. The zero-order valence-corrected chi connectivity index (χ0v) is 12.2. The first-order valence-electron chi connectivity index (χ1n) is 6.24. The van der Waals surface area contributed by atoms with Crippen molar-refractivity contribution in [2.75, 3.05) is 5.32 Å². The summed E-state index contributed by atoms with van der Waals surface area (Å²) in [4.78, 5) is 12.3. The summed E-state index contributed by atoms with van der Waals surface area (Å²) in [7, 11) is 0. The minimum absolute atomic E-state index is 0.149. The number of hydrogen-bond donors (Lipinski definition) is 1. The van der Waals surface area contributed by atoms with Crippen LogP contribution in [0.25, 0.3) is 0 Å². The molecule has 22 heavy (non-hydrogen) atoms. The summed E-state index contributed by atoms with van der Waals surface area (Å²) in [6, 6.07) is 6.06. The van der Waals surface area contributed by atoms with Crippen molar-refractivity contribution in [1.82, 2.24) is 0 Å². The van der Waals surface area contributed by atoms with E-state index >= 15 is 0 Å². The SMILES string of the molecule is C[C@H](Sc1ccc(F)c(F)c1)C(=O)Nc1ccc(F)cc1F. The minimum Gasteiger partial charge on any atom is -0.323 e. The molecule has 0 fully saturated rings. The van der Waals surface area contributed by atoms with Gasteiger partial charge in [-0.2, -0.15) is 0 Å². The number of carbonyl (C=O) groups excluding carboxylic acids is 1. The second-order valence-corrected chi connectivity index (χ2v) is 5.86. The number of amides is 1. The third kappa shape index (κ3) is 4.00. The van der Waals surface area contributed by atoms with Crippen molar-refractivity contribution >= 4 is 23.4 Å². The van der Waals surface area contributed by atoms with Crippen LogP contribution in [0, 0.1) is 23.3 Å². The van der Waals surface area contributed by atoms with Gasteiger partial charge < -0.3 is 5.32 Å². The third-order valence-electron chi connectivity index (χ3n) is 2.76. The van der Waals surface area contributed by atoms with Gasteiger partial charge in [0.1, 0.15) is 11.6 Å². The smallest absolute Gasteiger partial charge is 0.237 e. The molecule has 1 atom stereocenters. The van der Waals surface area contributed by atoms with Crippen molar-refractivity contribution in [3.8, 4) is 0 Å². The average molecular weight is 329 g/mol. The lowest BCUT2D eigenvalue weighted by Gasteiger charge is -2.12. The Kier molecular flexibility index (Phi) is 5.07. The summed E-state index contributed by atoms with van der Waals surface area (Å²) < 4.78 is 52.1. The molecule has 0 aliphatic heterocycles. The number of rotatable bonds is 4. The van der Waals surface area contributed by atoms with Crippen LogP contribution >= 0.6 is 11.8 Å². The van der Waals surface area contributed by atoms with E-state index in [9.17, 15) is 22.4 Å². The largest absolute Gasteiger partial charge is 0.323 e. The van der Waals surface area contributed by atoms with E-state index in [0.717, 1.165) is 36.0 Å². The lowest BCUT2D eigenvalue weighted by atomic mass is 10.3. The predicted molar refractivity (Wildman–Crippen MR) is 76.7 cm³/mol. The van der Waals surface area contributed by atoms with Gasteiger partial charge in [-0.25, -0.2) is 17.6 Å². The Morgan fingerprint density at radius 1 is 1.00 bits per heavy atom. The Balaban J connectivity index is 2.04. The van der Waals surface area contributed by atoms with E-state index < -0.39 is 34.4 Å². The van der Waals surface area contributed by atoms with Crippen molar-refractivity contribution in [3.05, 3.63) is 59.7 Å². The molecule has 0 saturated heterocycles. The fourth-order valence-electron chi connectivity index (χ4n) is 1.63. The molecular formula is C15H11F4NOS. The molecule has 7 heteroatoms. The van der Waals surface area contributed by atoms with Crippen LogP contribution in [0.1, 0.15) is 6.92 Å². The van der Waals surface area contributed by atoms with E-state index in [2.05, 4.69) is 5.32 Å². The maximum absolute atomic E-state index is 13.4. The second-order valence-electron chi connectivity index (χ2n) is 4.45.